The maximum Gasteiger partial charge on any atom is 0.342 e. The third-order valence-corrected chi connectivity index (χ3v) is 5.55. The molecule has 1 amide bonds. The largest absolute Gasteiger partial charge is 0.440 e. The molecule has 1 aromatic heterocycles. The Bertz CT molecular complexity index is 1140. The van der Waals surface area contributed by atoms with E-state index in [1.54, 1.807) is 12.1 Å². The number of fused-ring (bicyclic) bond motifs is 1. The Morgan fingerprint density at radius 2 is 2.10 bits per heavy atom. The van der Waals surface area contributed by atoms with Crippen LogP contribution in [0.5, 0.6) is 0 Å². The molecule has 0 atom stereocenters. The van der Waals surface area contributed by atoms with Crippen molar-refractivity contribution in [1.29, 1.82) is 0 Å². The van der Waals surface area contributed by atoms with Gasteiger partial charge in [0.05, 0.1) is 16.8 Å². The second kappa shape index (κ2) is 7.63. The highest BCUT2D eigenvalue weighted by Gasteiger charge is 2.34. The number of hydrogen-bond acceptors (Lipinski definition) is 7. The fourth-order valence-corrected chi connectivity index (χ4v) is 4.06. The van der Waals surface area contributed by atoms with Crippen molar-refractivity contribution in [2.45, 2.75) is 6.92 Å². The molecule has 0 unspecified atom stereocenters. The number of anilines is 3. The summed E-state index contributed by atoms with van der Waals surface area (Å²) in [5, 5.41) is 9.61. The summed E-state index contributed by atoms with van der Waals surface area (Å²) in [5.41, 5.74) is 1.58. The van der Waals surface area contributed by atoms with Gasteiger partial charge in [0.1, 0.15) is 5.51 Å². The number of carbonyl (C=O) groups is 2. The summed E-state index contributed by atoms with van der Waals surface area (Å²) in [4.78, 5) is 26.0. The fourth-order valence-electron chi connectivity index (χ4n) is 2.97. The highest BCUT2D eigenvalue weighted by atomic mass is 127. The van der Waals surface area contributed by atoms with Gasteiger partial charge in [-0.15, -0.1) is 10.2 Å². The lowest BCUT2D eigenvalue weighted by molar-refractivity contribution is 0.0491. The van der Waals surface area contributed by atoms with Crippen LogP contribution in [0.4, 0.5) is 25.3 Å². The second-order valence-corrected chi connectivity index (χ2v) is 8.14. The number of aromatic nitrogens is 2. The number of cyclic esters (lactones) is 1. The summed E-state index contributed by atoms with van der Waals surface area (Å²) >= 11 is 3.15. The van der Waals surface area contributed by atoms with Crippen LogP contribution in [0.25, 0.3) is 0 Å². The molecule has 4 rings (SSSR count). The molecule has 1 aliphatic rings. The van der Waals surface area contributed by atoms with E-state index in [4.69, 9.17) is 4.74 Å². The molecule has 2 aromatic carbocycles. The molecule has 0 bridgehead atoms. The summed E-state index contributed by atoms with van der Waals surface area (Å²) in [7, 11) is 0. The van der Waals surface area contributed by atoms with Crippen molar-refractivity contribution in [1.82, 2.24) is 10.2 Å². The van der Waals surface area contributed by atoms with Gasteiger partial charge in [0.25, 0.3) is 5.91 Å². The molecular formula is C18H11F2IN4O3S. The number of benzene rings is 2. The number of esters is 1. The minimum Gasteiger partial charge on any atom is -0.440 e. The van der Waals surface area contributed by atoms with Crippen LogP contribution in [-0.2, 0) is 4.74 Å². The minimum atomic E-state index is -1.37. The van der Waals surface area contributed by atoms with Crippen molar-refractivity contribution < 1.29 is 23.1 Å². The van der Waals surface area contributed by atoms with Gasteiger partial charge in [-0.1, -0.05) is 11.3 Å². The number of rotatable bonds is 3. The van der Waals surface area contributed by atoms with Gasteiger partial charge in [-0.3, -0.25) is 10.1 Å². The van der Waals surface area contributed by atoms with Gasteiger partial charge >= 0.3 is 5.97 Å². The van der Waals surface area contributed by atoms with Crippen molar-refractivity contribution in [3.63, 3.8) is 0 Å². The van der Waals surface area contributed by atoms with E-state index in [0.717, 1.165) is 26.5 Å². The van der Waals surface area contributed by atoms with Crippen LogP contribution in [0.1, 0.15) is 26.3 Å². The van der Waals surface area contributed by atoms with Crippen molar-refractivity contribution in [3.05, 3.63) is 61.7 Å². The van der Waals surface area contributed by atoms with Crippen LogP contribution in [-0.4, -0.2) is 28.8 Å². The van der Waals surface area contributed by atoms with Crippen LogP contribution in [0.3, 0.4) is 0 Å². The van der Waals surface area contributed by atoms with E-state index in [2.05, 4.69) is 38.1 Å². The number of aryl methyl sites for hydroxylation is 1. The predicted molar refractivity (Wildman–Crippen MR) is 111 cm³/mol. The van der Waals surface area contributed by atoms with Gasteiger partial charge < -0.3 is 9.64 Å². The van der Waals surface area contributed by atoms with Crippen molar-refractivity contribution >= 4 is 62.3 Å². The molecule has 29 heavy (non-hydrogen) atoms. The average molecular weight is 528 g/mol. The molecule has 0 fully saturated rings. The van der Waals surface area contributed by atoms with Gasteiger partial charge in [-0.25, -0.2) is 13.6 Å². The number of nitrogens with one attached hydrogen (secondary N) is 1. The summed E-state index contributed by atoms with van der Waals surface area (Å²) in [5.74, 6) is -4.47. The van der Waals surface area contributed by atoms with Gasteiger partial charge in [-0.2, -0.15) is 0 Å². The standard InChI is InChI=1S/C18H11F2IN4O3S/c1-8-4-9(21)2-3-12(8)25-7-28-17(27)11-5-10(13(19)14(20)15(11)25)16(26)23-18-24-22-6-29-18/h2-6H,7H2,1H3,(H,23,24,26). The Hall–Kier alpha value is -2.67. The van der Waals surface area contributed by atoms with Crippen LogP contribution in [0.2, 0.25) is 0 Å². The third kappa shape index (κ3) is 3.55. The van der Waals surface area contributed by atoms with E-state index in [9.17, 15) is 14.0 Å². The molecule has 1 aliphatic heterocycles. The molecule has 0 saturated carbocycles. The molecule has 0 spiro atoms. The zero-order chi connectivity index (χ0) is 20.7. The van der Waals surface area contributed by atoms with E-state index in [1.165, 1.54) is 10.4 Å². The van der Waals surface area contributed by atoms with Crippen LogP contribution < -0.4 is 10.2 Å². The molecule has 148 valence electrons. The lowest BCUT2D eigenvalue weighted by Crippen LogP contribution is -2.33. The van der Waals surface area contributed by atoms with Crippen LogP contribution in [0, 0.1) is 22.1 Å². The summed E-state index contributed by atoms with van der Waals surface area (Å²) < 4.78 is 36.0. The molecule has 7 nitrogen and oxygen atoms in total. The maximum atomic E-state index is 15.1. The summed E-state index contributed by atoms with van der Waals surface area (Å²) in [6.07, 6.45) is 0. The Labute approximate surface area is 180 Å². The van der Waals surface area contributed by atoms with Gasteiger partial charge in [-0.05, 0) is 59.3 Å². The second-order valence-electron chi connectivity index (χ2n) is 6.07. The first kappa shape index (κ1) is 19.6. The first-order valence-corrected chi connectivity index (χ1v) is 10.1. The van der Waals surface area contributed by atoms with Gasteiger partial charge in [0.15, 0.2) is 18.4 Å². The molecule has 1 N–H and O–H groups in total. The zero-order valence-electron chi connectivity index (χ0n) is 14.7. The number of ether oxygens (including phenoxy) is 1. The highest BCUT2D eigenvalue weighted by molar-refractivity contribution is 14.1. The van der Waals surface area contributed by atoms with Crippen molar-refractivity contribution in [2.24, 2.45) is 0 Å². The number of hydrogen-bond donors (Lipinski definition) is 1. The first-order chi connectivity index (χ1) is 13.9. The molecule has 11 heteroatoms. The number of nitrogens with zero attached hydrogens (tertiary/aromatic N) is 3. The first-order valence-electron chi connectivity index (χ1n) is 8.17. The Morgan fingerprint density at radius 1 is 1.31 bits per heavy atom. The molecular weight excluding hydrogens is 517 g/mol. The Kier molecular flexibility index (Phi) is 5.17. The van der Waals surface area contributed by atoms with Crippen LogP contribution in [0.15, 0.2) is 29.8 Å². The topological polar surface area (TPSA) is 84.4 Å². The normalized spacial score (nSPS) is 13.1. The number of amides is 1. The van der Waals surface area contributed by atoms with Crippen LogP contribution >= 0.6 is 33.9 Å². The zero-order valence-corrected chi connectivity index (χ0v) is 17.7. The Morgan fingerprint density at radius 3 is 2.79 bits per heavy atom. The quantitative estimate of drug-likeness (QED) is 0.405. The molecule has 3 aromatic rings. The smallest absolute Gasteiger partial charge is 0.342 e. The summed E-state index contributed by atoms with van der Waals surface area (Å²) in [6.45, 7) is 1.53. The molecule has 0 aliphatic carbocycles. The van der Waals surface area contributed by atoms with E-state index in [-0.39, 0.29) is 23.1 Å². The monoisotopic (exact) mass is 528 g/mol. The summed E-state index contributed by atoms with van der Waals surface area (Å²) in [6, 6.07) is 6.38. The minimum absolute atomic E-state index is 0.117. The molecule has 2 heterocycles. The molecule has 0 saturated heterocycles. The van der Waals surface area contributed by atoms with Gasteiger partial charge in [0, 0.05) is 9.26 Å². The van der Waals surface area contributed by atoms with Gasteiger partial charge in [0.2, 0.25) is 5.13 Å². The average Bonchev–Trinajstić information content (AvgIpc) is 3.18. The van der Waals surface area contributed by atoms with E-state index >= 15 is 4.39 Å². The van der Waals surface area contributed by atoms with E-state index in [0.29, 0.717) is 5.69 Å². The third-order valence-electron chi connectivity index (χ3n) is 4.27. The van der Waals surface area contributed by atoms with Crippen molar-refractivity contribution in [3.8, 4) is 0 Å². The van der Waals surface area contributed by atoms with E-state index in [1.807, 2.05) is 13.0 Å². The molecule has 0 radical (unpaired) electrons. The SMILES string of the molecule is Cc1cc(I)ccc1N1COC(=O)c2cc(C(=O)Nc3nncs3)c(F)c(F)c21. The predicted octanol–water partition coefficient (Wildman–Crippen LogP) is 4.25. The lowest BCUT2D eigenvalue weighted by atomic mass is 10.0. The highest BCUT2D eigenvalue weighted by Crippen LogP contribution is 2.38. The van der Waals surface area contributed by atoms with E-state index < -0.39 is 29.1 Å². The maximum absolute atomic E-state index is 15.1. The fraction of sp³-hybridized carbons (Fsp3) is 0.111. The lowest BCUT2D eigenvalue weighted by Gasteiger charge is -2.32. The Balaban J connectivity index is 1.82. The number of halogens is 3. The van der Waals surface area contributed by atoms with Crippen molar-refractivity contribution in [2.75, 3.05) is 16.9 Å². The number of carbonyl (C=O) groups excluding carboxylic acids is 2.